The lowest BCUT2D eigenvalue weighted by atomic mass is 10.1. The Labute approximate surface area is 171 Å². The van der Waals surface area contributed by atoms with Crippen LogP contribution in [0.4, 0.5) is 11.4 Å². The van der Waals surface area contributed by atoms with Crippen LogP contribution in [0.5, 0.6) is 0 Å². The van der Waals surface area contributed by atoms with E-state index in [1.54, 1.807) is 12.1 Å². The fourth-order valence-electron chi connectivity index (χ4n) is 2.51. The van der Waals surface area contributed by atoms with Crippen LogP contribution < -0.4 is 10.6 Å². The molecule has 0 aliphatic heterocycles. The summed E-state index contributed by atoms with van der Waals surface area (Å²) in [6, 6.07) is 9.00. The maximum atomic E-state index is 12.1. The highest BCUT2D eigenvalue weighted by Gasteiger charge is 2.17. The lowest BCUT2D eigenvalue weighted by molar-refractivity contribution is -0.383. The van der Waals surface area contributed by atoms with E-state index in [1.165, 1.54) is 12.1 Å². The first-order chi connectivity index (χ1) is 13.7. The highest BCUT2D eigenvalue weighted by molar-refractivity contribution is 6.31. The molecule has 0 atom stereocenters. The number of rotatable bonds is 7. The maximum Gasteiger partial charge on any atom is 0.325 e. The number of nitrogens with zero attached hydrogens (tertiary/aromatic N) is 1. The number of esters is 1. The number of anilines is 1. The van der Waals surface area contributed by atoms with Gasteiger partial charge in [-0.2, -0.15) is 0 Å². The predicted octanol–water partition coefficient (Wildman–Crippen LogP) is 2.78. The molecule has 0 unspecified atom stereocenters. The highest BCUT2D eigenvalue weighted by Crippen LogP contribution is 2.27. The monoisotopic (exact) mass is 419 g/mol. The minimum atomic E-state index is -0.830. The van der Waals surface area contributed by atoms with Crippen LogP contribution in [0.25, 0.3) is 0 Å². The quantitative estimate of drug-likeness (QED) is 0.403. The molecule has 0 radical (unpaired) electrons. The van der Waals surface area contributed by atoms with Gasteiger partial charge in [-0.15, -0.1) is 0 Å². The Morgan fingerprint density at radius 2 is 1.76 bits per heavy atom. The third-order valence-electron chi connectivity index (χ3n) is 3.67. The van der Waals surface area contributed by atoms with Crippen molar-refractivity contribution in [2.75, 3.05) is 18.5 Å². The van der Waals surface area contributed by atoms with Gasteiger partial charge in [-0.25, -0.2) is 0 Å². The van der Waals surface area contributed by atoms with E-state index >= 15 is 0 Å². The van der Waals surface area contributed by atoms with Gasteiger partial charge in [0.05, 0.1) is 4.92 Å². The Morgan fingerprint density at radius 1 is 1.10 bits per heavy atom. The Kier molecular flexibility index (Phi) is 7.27. The Morgan fingerprint density at radius 3 is 2.38 bits per heavy atom. The number of carbonyl (C=O) groups excluding carboxylic acids is 3. The van der Waals surface area contributed by atoms with Gasteiger partial charge in [-0.05, 0) is 38.1 Å². The standard InChI is InChI=1S/C19H18ClN3O6/c1-11-5-12(2)7-13(6-11)19(26)21-9-18(25)29-10-17(24)22-15-4-3-14(20)8-16(15)23(27)28/h3-8H,9-10H2,1-2H3,(H,21,26)(H,22,24). The molecule has 0 saturated carbocycles. The Bertz CT molecular complexity index is 956. The summed E-state index contributed by atoms with van der Waals surface area (Å²) in [7, 11) is 0. The SMILES string of the molecule is Cc1cc(C)cc(C(=O)NCC(=O)OCC(=O)Nc2ccc(Cl)cc2[N+](=O)[O-])c1. The van der Waals surface area contributed by atoms with E-state index in [4.69, 9.17) is 16.3 Å². The number of amides is 2. The summed E-state index contributed by atoms with van der Waals surface area (Å²) in [5.74, 6) is -2.05. The molecule has 29 heavy (non-hydrogen) atoms. The van der Waals surface area contributed by atoms with Crippen molar-refractivity contribution in [1.82, 2.24) is 5.32 Å². The van der Waals surface area contributed by atoms with Gasteiger partial charge in [-0.1, -0.05) is 28.8 Å². The molecule has 0 aliphatic carbocycles. The molecule has 2 N–H and O–H groups in total. The Balaban J connectivity index is 1.84. The van der Waals surface area contributed by atoms with E-state index in [0.717, 1.165) is 17.2 Å². The van der Waals surface area contributed by atoms with Crippen LogP contribution in [0.1, 0.15) is 21.5 Å². The zero-order valence-corrected chi connectivity index (χ0v) is 16.4. The first-order valence-corrected chi connectivity index (χ1v) is 8.79. The van der Waals surface area contributed by atoms with Gasteiger partial charge in [0.2, 0.25) is 0 Å². The average molecular weight is 420 g/mol. The highest BCUT2D eigenvalue weighted by atomic mass is 35.5. The fourth-order valence-corrected chi connectivity index (χ4v) is 2.67. The minimum absolute atomic E-state index is 0.0800. The second kappa shape index (κ2) is 9.65. The normalized spacial score (nSPS) is 10.2. The van der Waals surface area contributed by atoms with Crippen molar-refractivity contribution < 1.29 is 24.0 Å². The number of ether oxygens (including phenoxy) is 1. The first kappa shape index (κ1) is 21.8. The van der Waals surface area contributed by atoms with E-state index in [0.29, 0.717) is 5.56 Å². The molecule has 0 heterocycles. The van der Waals surface area contributed by atoms with Crippen molar-refractivity contribution in [3.63, 3.8) is 0 Å². The van der Waals surface area contributed by atoms with Crippen molar-refractivity contribution >= 4 is 40.8 Å². The summed E-state index contributed by atoms with van der Waals surface area (Å²) >= 11 is 5.70. The van der Waals surface area contributed by atoms with Crippen molar-refractivity contribution in [1.29, 1.82) is 0 Å². The van der Waals surface area contributed by atoms with Gasteiger partial charge in [-0.3, -0.25) is 24.5 Å². The van der Waals surface area contributed by atoms with Crippen LogP contribution >= 0.6 is 11.6 Å². The lowest BCUT2D eigenvalue weighted by Crippen LogP contribution is -2.32. The van der Waals surface area contributed by atoms with Gasteiger partial charge in [0.15, 0.2) is 6.61 Å². The van der Waals surface area contributed by atoms with E-state index in [-0.39, 0.29) is 10.7 Å². The van der Waals surface area contributed by atoms with Gasteiger partial charge in [0, 0.05) is 16.7 Å². The largest absolute Gasteiger partial charge is 0.454 e. The van der Waals surface area contributed by atoms with Crippen molar-refractivity contribution in [2.45, 2.75) is 13.8 Å². The average Bonchev–Trinajstić information content (AvgIpc) is 2.64. The topological polar surface area (TPSA) is 128 Å². The van der Waals surface area contributed by atoms with Crippen molar-refractivity contribution in [2.24, 2.45) is 0 Å². The molecule has 2 amide bonds. The maximum absolute atomic E-state index is 12.1. The molecule has 2 rings (SSSR count). The molecule has 2 aromatic rings. The molecule has 0 aliphatic rings. The van der Waals surface area contributed by atoms with Crippen LogP contribution in [-0.2, 0) is 14.3 Å². The molecule has 0 spiro atoms. The summed E-state index contributed by atoms with van der Waals surface area (Å²) in [4.78, 5) is 46.0. The summed E-state index contributed by atoms with van der Waals surface area (Å²) in [6.45, 7) is 2.60. The molecule has 9 nitrogen and oxygen atoms in total. The third kappa shape index (κ3) is 6.58. The zero-order chi connectivity index (χ0) is 21.6. The number of nitro benzene ring substituents is 1. The molecule has 0 bridgehead atoms. The van der Waals surface area contributed by atoms with E-state index in [9.17, 15) is 24.5 Å². The number of hydrogen-bond donors (Lipinski definition) is 2. The number of halogens is 1. The van der Waals surface area contributed by atoms with Crippen LogP contribution in [0.2, 0.25) is 5.02 Å². The number of carbonyl (C=O) groups is 3. The smallest absolute Gasteiger partial charge is 0.325 e. The van der Waals surface area contributed by atoms with Crippen LogP contribution in [0.15, 0.2) is 36.4 Å². The summed E-state index contributed by atoms with van der Waals surface area (Å²) < 4.78 is 4.77. The second-order valence-electron chi connectivity index (χ2n) is 6.19. The fraction of sp³-hybridized carbons (Fsp3) is 0.211. The molecule has 2 aromatic carbocycles. The van der Waals surface area contributed by atoms with Gasteiger partial charge < -0.3 is 15.4 Å². The molecule has 0 fully saturated rings. The molecular weight excluding hydrogens is 402 g/mol. The summed E-state index contributed by atoms with van der Waals surface area (Å²) in [5.41, 5.74) is 1.75. The predicted molar refractivity (Wildman–Crippen MR) is 106 cm³/mol. The molecular formula is C19H18ClN3O6. The minimum Gasteiger partial charge on any atom is -0.454 e. The molecule has 152 valence electrons. The number of nitrogens with one attached hydrogen (secondary N) is 2. The summed E-state index contributed by atoms with van der Waals surface area (Å²) in [6.07, 6.45) is 0. The second-order valence-corrected chi connectivity index (χ2v) is 6.62. The number of aryl methyl sites for hydroxylation is 2. The van der Waals surface area contributed by atoms with Crippen LogP contribution in [0.3, 0.4) is 0 Å². The molecule has 0 aromatic heterocycles. The third-order valence-corrected chi connectivity index (χ3v) is 3.91. The lowest BCUT2D eigenvalue weighted by Gasteiger charge is -2.09. The summed E-state index contributed by atoms with van der Waals surface area (Å²) in [5, 5.41) is 15.8. The number of hydrogen-bond acceptors (Lipinski definition) is 6. The van der Waals surface area contributed by atoms with E-state index in [2.05, 4.69) is 10.6 Å². The molecule has 10 heteroatoms. The number of benzene rings is 2. The number of nitro groups is 1. The van der Waals surface area contributed by atoms with Gasteiger partial charge >= 0.3 is 5.97 Å². The van der Waals surface area contributed by atoms with Gasteiger partial charge in [0.1, 0.15) is 12.2 Å². The first-order valence-electron chi connectivity index (χ1n) is 8.41. The zero-order valence-electron chi connectivity index (χ0n) is 15.7. The Hall–Kier alpha value is -3.46. The van der Waals surface area contributed by atoms with Gasteiger partial charge in [0.25, 0.3) is 17.5 Å². The van der Waals surface area contributed by atoms with Crippen molar-refractivity contribution in [3.8, 4) is 0 Å². The van der Waals surface area contributed by atoms with Crippen LogP contribution in [0, 0.1) is 24.0 Å². The van der Waals surface area contributed by atoms with E-state index < -0.39 is 41.5 Å². The molecule has 0 saturated heterocycles. The van der Waals surface area contributed by atoms with E-state index in [1.807, 2.05) is 19.9 Å². The van der Waals surface area contributed by atoms with Crippen LogP contribution in [-0.4, -0.2) is 35.9 Å². The van der Waals surface area contributed by atoms with Crippen molar-refractivity contribution in [3.05, 3.63) is 68.2 Å².